The molecule has 0 aromatic heterocycles. The van der Waals surface area contributed by atoms with Gasteiger partial charge in [-0.25, -0.2) is 0 Å². The molecule has 0 atom stereocenters. The van der Waals surface area contributed by atoms with Crippen LogP contribution >= 0.6 is 11.6 Å². The van der Waals surface area contributed by atoms with E-state index < -0.39 is 5.60 Å². The minimum atomic E-state index is -0.811. The number of benzene rings is 2. The van der Waals surface area contributed by atoms with Crippen LogP contribution in [0.1, 0.15) is 25.3 Å². The Kier molecular flexibility index (Phi) is 6.37. The molecule has 0 saturated carbocycles. The molecule has 3 rings (SSSR count). The Bertz CT molecular complexity index is 771. The quantitative estimate of drug-likeness (QED) is 0.792. The number of anilines is 1. The predicted molar refractivity (Wildman–Crippen MR) is 107 cm³/mol. The van der Waals surface area contributed by atoms with Crippen LogP contribution in [-0.2, 0) is 11.3 Å². The fourth-order valence-electron chi connectivity index (χ4n) is 3.20. The number of nitrogens with one attached hydrogen (secondary N) is 1. The highest BCUT2D eigenvalue weighted by molar-refractivity contribution is 6.30. The number of halogens is 1. The number of hydrogen-bond acceptors (Lipinski definition) is 4. The molecule has 1 amide bonds. The largest absolute Gasteiger partial charge is 0.491 e. The Hall–Kier alpha value is -2.08. The monoisotopic (exact) mass is 388 g/mol. The Morgan fingerprint density at radius 1 is 1.22 bits per heavy atom. The number of nitrogens with zero attached hydrogens (tertiary/aromatic N) is 1. The maximum atomic E-state index is 11.1. The van der Waals surface area contributed by atoms with Crippen molar-refractivity contribution in [1.29, 1.82) is 0 Å². The van der Waals surface area contributed by atoms with Crippen molar-refractivity contribution in [3.63, 3.8) is 0 Å². The third-order valence-corrected chi connectivity index (χ3v) is 5.01. The van der Waals surface area contributed by atoms with E-state index in [0.717, 1.165) is 25.3 Å². The number of hydrogen-bond donors (Lipinski definition) is 2. The number of likely N-dealkylation sites (tertiary alicyclic amines) is 1. The zero-order valence-electron chi connectivity index (χ0n) is 15.5. The predicted octanol–water partition coefficient (Wildman–Crippen LogP) is 3.70. The Morgan fingerprint density at radius 3 is 2.56 bits per heavy atom. The topological polar surface area (TPSA) is 61.8 Å². The first-order valence-electron chi connectivity index (χ1n) is 9.12. The third kappa shape index (κ3) is 5.96. The van der Waals surface area contributed by atoms with Gasteiger partial charge in [-0.2, -0.15) is 0 Å². The van der Waals surface area contributed by atoms with E-state index in [-0.39, 0.29) is 12.5 Å². The molecular weight excluding hydrogens is 364 g/mol. The van der Waals surface area contributed by atoms with Crippen LogP contribution in [0.15, 0.2) is 48.5 Å². The van der Waals surface area contributed by atoms with Crippen molar-refractivity contribution in [3.05, 3.63) is 59.1 Å². The maximum absolute atomic E-state index is 11.1. The molecule has 0 aliphatic carbocycles. The molecule has 27 heavy (non-hydrogen) atoms. The number of carbonyl (C=O) groups excluding carboxylic acids is 1. The highest BCUT2D eigenvalue weighted by atomic mass is 35.5. The molecule has 1 aliphatic rings. The first-order valence-corrected chi connectivity index (χ1v) is 9.49. The highest BCUT2D eigenvalue weighted by Gasteiger charge is 2.33. The molecule has 1 heterocycles. The summed E-state index contributed by atoms with van der Waals surface area (Å²) in [7, 11) is 0. The lowest BCUT2D eigenvalue weighted by Crippen LogP contribution is -2.47. The van der Waals surface area contributed by atoms with Crippen molar-refractivity contribution >= 4 is 23.2 Å². The molecule has 1 aliphatic heterocycles. The second-order valence-corrected chi connectivity index (χ2v) is 7.56. The summed E-state index contributed by atoms with van der Waals surface area (Å²) in [4.78, 5) is 13.4. The molecule has 0 bridgehead atoms. The van der Waals surface area contributed by atoms with Gasteiger partial charge in [0.1, 0.15) is 18.0 Å². The molecule has 1 saturated heterocycles. The summed E-state index contributed by atoms with van der Waals surface area (Å²) < 4.78 is 5.74. The van der Waals surface area contributed by atoms with Crippen LogP contribution in [0.25, 0.3) is 0 Å². The van der Waals surface area contributed by atoms with Crippen LogP contribution in [0.3, 0.4) is 0 Å². The van der Waals surface area contributed by atoms with E-state index in [1.165, 1.54) is 12.5 Å². The summed E-state index contributed by atoms with van der Waals surface area (Å²) in [6.07, 6.45) is 1.33. The van der Waals surface area contributed by atoms with E-state index in [9.17, 15) is 9.90 Å². The van der Waals surface area contributed by atoms with Crippen LogP contribution in [0, 0.1) is 0 Å². The first-order chi connectivity index (χ1) is 12.9. The zero-order chi connectivity index (χ0) is 19.3. The van der Waals surface area contributed by atoms with E-state index in [1.54, 1.807) is 12.1 Å². The van der Waals surface area contributed by atoms with Gasteiger partial charge in [0.25, 0.3) is 0 Å². The summed E-state index contributed by atoms with van der Waals surface area (Å²) in [6, 6.07) is 15.1. The van der Waals surface area contributed by atoms with E-state index in [0.29, 0.717) is 23.6 Å². The smallest absolute Gasteiger partial charge is 0.221 e. The van der Waals surface area contributed by atoms with Crippen LogP contribution < -0.4 is 10.1 Å². The summed E-state index contributed by atoms with van der Waals surface area (Å²) in [5, 5.41) is 14.2. The molecule has 0 radical (unpaired) electrons. The second-order valence-electron chi connectivity index (χ2n) is 7.12. The number of ether oxygens (including phenoxy) is 1. The Balaban J connectivity index is 1.47. The zero-order valence-corrected chi connectivity index (χ0v) is 16.2. The molecule has 2 aromatic carbocycles. The molecule has 2 N–H and O–H groups in total. The molecule has 144 valence electrons. The van der Waals surface area contributed by atoms with Gasteiger partial charge in [0.15, 0.2) is 0 Å². The minimum Gasteiger partial charge on any atom is -0.491 e. The molecule has 0 unspecified atom stereocenters. The fraction of sp³-hybridized carbons (Fsp3) is 0.381. The van der Waals surface area contributed by atoms with E-state index in [1.807, 2.05) is 36.4 Å². The Labute approximate surface area is 164 Å². The standard InChI is InChI=1S/C21H25ClN2O3/c1-16(25)23-19-7-5-17(6-8-19)14-24-11-9-21(26,10-12-24)15-27-20-4-2-3-18(22)13-20/h2-8,13,26H,9-12,14-15H2,1H3,(H,23,25). The normalized spacial score (nSPS) is 16.7. The average Bonchev–Trinajstić information content (AvgIpc) is 2.64. The summed E-state index contributed by atoms with van der Waals surface area (Å²) in [5.41, 5.74) is 1.18. The lowest BCUT2D eigenvalue weighted by atomic mass is 9.92. The van der Waals surface area contributed by atoms with Crippen molar-refractivity contribution in [1.82, 2.24) is 4.90 Å². The van der Waals surface area contributed by atoms with Crippen molar-refractivity contribution in [2.45, 2.75) is 31.9 Å². The molecule has 1 fully saturated rings. The van der Waals surface area contributed by atoms with Gasteiger partial charge < -0.3 is 15.2 Å². The number of rotatable bonds is 6. The van der Waals surface area contributed by atoms with Gasteiger partial charge in [-0.3, -0.25) is 9.69 Å². The lowest BCUT2D eigenvalue weighted by molar-refractivity contribution is -0.114. The molecular formula is C21H25ClN2O3. The van der Waals surface area contributed by atoms with Gasteiger partial charge in [-0.05, 0) is 48.7 Å². The maximum Gasteiger partial charge on any atom is 0.221 e. The average molecular weight is 389 g/mol. The highest BCUT2D eigenvalue weighted by Crippen LogP contribution is 2.26. The number of carbonyl (C=O) groups is 1. The van der Waals surface area contributed by atoms with Gasteiger partial charge in [0, 0.05) is 37.3 Å². The van der Waals surface area contributed by atoms with E-state index in [4.69, 9.17) is 16.3 Å². The van der Waals surface area contributed by atoms with E-state index in [2.05, 4.69) is 10.2 Å². The van der Waals surface area contributed by atoms with Crippen LogP contribution in [0.5, 0.6) is 5.75 Å². The van der Waals surface area contributed by atoms with Gasteiger partial charge in [-0.15, -0.1) is 0 Å². The summed E-state index contributed by atoms with van der Waals surface area (Å²) in [5.74, 6) is 0.607. The fourth-order valence-corrected chi connectivity index (χ4v) is 3.38. The van der Waals surface area contributed by atoms with Gasteiger partial charge >= 0.3 is 0 Å². The molecule has 6 heteroatoms. The van der Waals surface area contributed by atoms with Gasteiger partial charge in [-0.1, -0.05) is 29.8 Å². The Morgan fingerprint density at radius 2 is 1.93 bits per heavy atom. The molecule has 2 aromatic rings. The van der Waals surface area contributed by atoms with Crippen molar-refractivity contribution in [3.8, 4) is 5.75 Å². The minimum absolute atomic E-state index is 0.0712. The van der Waals surface area contributed by atoms with Gasteiger partial charge in [0.05, 0.1) is 0 Å². The molecule has 5 nitrogen and oxygen atoms in total. The lowest BCUT2D eigenvalue weighted by Gasteiger charge is -2.38. The van der Waals surface area contributed by atoms with Crippen LogP contribution in [0.4, 0.5) is 5.69 Å². The number of amides is 1. The third-order valence-electron chi connectivity index (χ3n) is 4.77. The number of aliphatic hydroxyl groups is 1. The van der Waals surface area contributed by atoms with Crippen molar-refractivity contribution in [2.75, 3.05) is 25.0 Å². The van der Waals surface area contributed by atoms with E-state index >= 15 is 0 Å². The second kappa shape index (κ2) is 8.74. The first kappa shape index (κ1) is 19.7. The van der Waals surface area contributed by atoms with Crippen molar-refractivity contribution < 1.29 is 14.6 Å². The molecule has 0 spiro atoms. The van der Waals surface area contributed by atoms with Crippen LogP contribution in [0.2, 0.25) is 5.02 Å². The number of piperidine rings is 1. The van der Waals surface area contributed by atoms with Crippen molar-refractivity contribution in [2.24, 2.45) is 0 Å². The summed E-state index contributed by atoms with van der Waals surface area (Å²) >= 11 is 5.96. The van der Waals surface area contributed by atoms with Crippen LogP contribution in [-0.4, -0.2) is 41.2 Å². The summed E-state index contributed by atoms with van der Waals surface area (Å²) in [6.45, 7) is 4.21. The van der Waals surface area contributed by atoms with Gasteiger partial charge in [0.2, 0.25) is 5.91 Å². The SMILES string of the molecule is CC(=O)Nc1ccc(CN2CCC(O)(COc3cccc(Cl)c3)CC2)cc1.